The van der Waals surface area contributed by atoms with Crippen LogP contribution in [-0.2, 0) is 4.79 Å². The molecule has 1 amide bonds. The summed E-state index contributed by atoms with van der Waals surface area (Å²) in [6.45, 7) is 4.66. The number of hydrogen-bond donors (Lipinski definition) is 1. The first-order chi connectivity index (χ1) is 9.58. The molecule has 1 saturated carbocycles. The summed E-state index contributed by atoms with van der Waals surface area (Å²) in [6, 6.07) is 5.82. The highest BCUT2D eigenvalue weighted by Gasteiger charge is 2.47. The third kappa shape index (κ3) is 3.48. The van der Waals surface area contributed by atoms with Crippen molar-refractivity contribution >= 4 is 41.5 Å². The Labute approximate surface area is 141 Å². The van der Waals surface area contributed by atoms with Gasteiger partial charge in [-0.15, -0.1) is 12.4 Å². The number of rotatable bonds is 2. The average Bonchev–Trinajstić information content (AvgIpc) is 3.18. The molecule has 6 heteroatoms. The first kappa shape index (κ1) is 16.9. The molecule has 0 spiro atoms. The molecule has 3 rings (SSSR count). The predicted molar refractivity (Wildman–Crippen MR) is 88.6 cm³/mol. The summed E-state index contributed by atoms with van der Waals surface area (Å²) in [5.74, 6) is 0.624. The van der Waals surface area contributed by atoms with Crippen molar-refractivity contribution in [2.24, 2.45) is 5.92 Å². The molecule has 1 aromatic carbocycles. The topological polar surface area (TPSA) is 32.3 Å². The number of carbonyl (C=O) groups is 1. The van der Waals surface area contributed by atoms with E-state index in [1.165, 1.54) is 0 Å². The molecule has 1 aliphatic heterocycles. The third-order valence-electron chi connectivity index (χ3n) is 4.25. The van der Waals surface area contributed by atoms with E-state index in [-0.39, 0.29) is 36.2 Å². The number of benzene rings is 1. The number of halogens is 3. The van der Waals surface area contributed by atoms with Crippen LogP contribution in [0.15, 0.2) is 18.2 Å². The molecule has 3 unspecified atom stereocenters. The number of hydrogen-bond acceptors (Lipinski definition) is 2. The van der Waals surface area contributed by atoms with Crippen LogP contribution in [0.2, 0.25) is 10.0 Å². The van der Waals surface area contributed by atoms with Crippen LogP contribution < -0.4 is 5.32 Å². The quantitative estimate of drug-likeness (QED) is 0.888. The van der Waals surface area contributed by atoms with Crippen molar-refractivity contribution in [2.45, 2.75) is 25.3 Å². The number of nitrogens with zero attached hydrogens (tertiary/aromatic N) is 1. The van der Waals surface area contributed by atoms with E-state index in [0.29, 0.717) is 10.0 Å². The molecule has 3 atom stereocenters. The molecule has 0 bridgehead atoms. The highest BCUT2D eigenvalue weighted by Crippen LogP contribution is 2.51. The maximum Gasteiger partial charge on any atom is 0.226 e. The molecule has 1 heterocycles. The lowest BCUT2D eigenvalue weighted by Gasteiger charge is -2.34. The first-order valence-corrected chi connectivity index (χ1v) is 7.79. The molecule has 0 radical (unpaired) electrons. The molecule has 1 N–H and O–H groups in total. The largest absolute Gasteiger partial charge is 0.337 e. The molecule has 0 aromatic heterocycles. The minimum atomic E-state index is 0. The smallest absolute Gasteiger partial charge is 0.226 e. The molecule has 116 valence electrons. The van der Waals surface area contributed by atoms with E-state index in [4.69, 9.17) is 23.2 Å². The Kier molecular flexibility index (Phi) is 5.42. The Bertz CT molecular complexity index is 538. The van der Waals surface area contributed by atoms with E-state index in [0.717, 1.165) is 31.6 Å². The van der Waals surface area contributed by atoms with Gasteiger partial charge in [0.15, 0.2) is 0 Å². The van der Waals surface area contributed by atoms with Gasteiger partial charge in [-0.3, -0.25) is 4.79 Å². The van der Waals surface area contributed by atoms with E-state index in [9.17, 15) is 4.79 Å². The molecule has 1 saturated heterocycles. The van der Waals surface area contributed by atoms with Crippen LogP contribution in [0.1, 0.15) is 24.8 Å². The zero-order valence-electron chi connectivity index (χ0n) is 11.8. The van der Waals surface area contributed by atoms with E-state index < -0.39 is 0 Å². The molecule has 1 aliphatic carbocycles. The van der Waals surface area contributed by atoms with Gasteiger partial charge in [-0.25, -0.2) is 0 Å². The second kappa shape index (κ2) is 6.74. The summed E-state index contributed by atoms with van der Waals surface area (Å²) in [7, 11) is 0. The van der Waals surface area contributed by atoms with Crippen LogP contribution >= 0.6 is 35.6 Å². The minimum absolute atomic E-state index is 0. The fourth-order valence-corrected chi connectivity index (χ4v) is 3.54. The predicted octanol–water partition coefficient (Wildman–Crippen LogP) is 3.34. The van der Waals surface area contributed by atoms with Crippen molar-refractivity contribution < 1.29 is 4.79 Å². The first-order valence-electron chi connectivity index (χ1n) is 7.04. The van der Waals surface area contributed by atoms with Gasteiger partial charge in [0.25, 0.3) is 0 Å². The van der Waals surface area contributed by atoms with Crippen LogP contribution in [-0.4, -0.2) is 36.5 Å². The Hall–Kier alpha value is -0.480. The van der Waals surface area contributed by atoms with Crippen molar-refractivity contribution in [2.75, 3.05) is 19.6 Å². The average molecular weight is 350 g/mol. The lowest BCUT2D eigenvalue weighted by atomic mass is 10.1. The second-order valence-corrected chi connectivity index (χ2v) is 6.54. The van der Waals surface area contributed by atoms with Crippen molar-refractivity contribution in [1.82, 2.24) is 10.2 Å². The Morgan fingerprint density at radius 2 is 2.14 bits per heavy atom. The van der Waals surface area contributed by atoms with Gasteiger partial charge in [0.2, 0.25) is 5.91 Å². The Morgan fingerprint density at radius 1 is 1.38 bits per heavy atom. The van der Waals surface area contributed by atoms with Crippen LogP contribution in [0.3, 0.4) is 0 Å². The van der Waals surface area contributed by atoms with Gasteiger partial charge in [0, 0.05) is 41.6 Å². The van der Waals surface area contributed by atoms with Gasteiger partial charge in [-0.05, 0) is 37.0 Å². The number of piperazine rings is 1. The van der Waals surface area contributed by atoms with Gasteiger partial charge >= 0.3 is 0 Å². The SMILES string of the molecule is CC1CNCCN1C(=O)C1CC1c1ccc(Cl)cc1Cl.Cl. The highest BCUT2D eigenvalue weighted by atomic mass is 35.5. The molecule has 3 nitrogen and oxygen atoms in total. The lowest BCUT2D eigenvalue weighted by Crippen LogP contribution is -2.52. The summed E-state index contributed by atoms with van der Waals surface area (Å²) in [5.41, 5.74) is 1.05. The van der Waals surface area contributed by atoms with Crippen LogP contribution in [0.25, 0.3) is 0 Å². The van der Waals surface area contributed by atoms with Crippen LogP contribution in [0.4, 0.5) is 0 Å². The zero-order chi connectivity index (χ0) is 14.3. The molecule has 21 heavy (non-hydrogen) atoms. The van der Waals surface area contributed by atoms with E-state index >= 15 is 0 Å². The summed E-state index contributed by atoms with van der Waals surface area (Å²) < 4.78 is 0. The van der Waals surface area contributed by atoms with Crippen molar-refractivity contribution in [1.29, 1.82) is 0 Å². The van der Waals surface area contributed by atoms with Gasteiger partial charge in [-0.1, -0.05) is 29.3 Å². The van der Waals surface area contributed by atoms with Gasteiger partial charge in [0.05, 0.1) is 0 Å². The summed E-state index contributed by atoms with van der Waals surface area (Å²) in [4.78, 5) is 14.6. The van der Waals surface area contributed by atoms with Crippen molar-refractivity contribution in [3.8, 4) is 0 Å². The molecule has 2 aliphatic rings. The lowest BCUT2D eigenvalue weighted by molar-refractivity contribution is -0.135. The van der Waals surface area contributed by atoms with E-state index in [1.54, 1.807) is 6.07 Å². The van der Waals surface area contributed by atoms with E-state index in [2.05, 4.69) is 12.2 Å². The number of nitrogens with one attached hydrogen (secondary N) is 1. The highest BCUT2D eigenvalue weighted by molar-refractivity contribution is 6.35. The molecule has 2 fully saturated rings. The maximum absolute atomic E-state index is 12.6. The summed E-state index contributed by atoms with van der Waals surface area (Å²) >= 11 is 12.1. The minimum Gasteiger partial charge on any atom is -0.337 e. The van der Waals surface area contributed by atoms with Gasteiger partial charge in [-0.2, -0.15) is 0 Å². The van der Waals surface area contributed by atoms with Gasteiger partial charge in [0.1, 0.15) is 0 Å². The monoisotopic (exact) mass is 348 g/mol. The fraction of sp³-hybridized carbons (Fsp3) is 0.533. The Morgan fingerprint density at radius 3 is 2.81 bits per heavy atom. The molecular formula is C15H19Cl3N2O. The molecular weight excluding hydrogens is 331 g/mol. The van der Waals surface area contributed by atoms with Crippen molar-refractivity contribution in [3.63, 3.8) is 0 Å². The third-order valence-corrected chi connectivity index (χ3v) is 4.82. The van der Waals surface area contributed by atoms with Crippen LogP contribution in [0, 0.1) is 5.92 Å². The van der Waals surface area contributed by atoms with E-state index in [1.807, 2.05) is 17.0 Å². The second-order valence-electron chi connectivity index (χ2n) is 5.70. The standard InChI is InChI=1S/C15H18Cl2N2O.ClH/c1-9-8-18-4-5-19(9)15(20)13-7-12(13)11-3-2-10(16)6-14(11)17;/h2-3,6,9,12-13,18H,4-5,7-8H2,1H3;1H. The summed E-state index contributed by atoms with van der Waals surface area (Å²) in [6.07, 6.45) is 0.900. The normalized spacial score (nSPS) is 28.0. The van der Waals surface area contributed by atoms with Gasteiger partial charge < -0.3 is 10.2 Å². The number of carbonyl (C=O) groups excluding carboxylic acids is 1. The van der Waals surface area contributed by atoms with Crippen LogP contribution in [0.5, 0.6) is 0 Å². The zero-order valence-corrected chi connectivity index (χ0v) is 14.1. The van der Waals surface area contributed by atoms with Crippen molar-refractivity contribution in [3.05, 3.63) is 33.8 Å². The number of amides is 1. The maximum atomic E-state index is 12.6. The Balaban J connectivity index is 0.00000161. The molecule has 1 aromatic rings. The summed E-state index contributed by atoms with van der Waals surface area (Å²) in [5, 5.41) is 4.62. The fourth-order valence-electron chi connectivity index (χ4n) is 3.00.